The highest BCUT2D eigenvalue weighted by molar-refractivity contribution is 5.74. The summed E-state index contributed by atoms with van der Waals surface area (Å²) >= 11 is 0. The van der Waals surface area contributed by atoms with Gasteiger partial charge in [-0.25, -0.2) is 15.0 Å². The predicted octanol–water partition coefficient (Wildman–Crippen LogP) is 9.89. The van der Waals surface area contributed by atoms with Gasteiger partial charge in [-0.15, -0.1) is 0 Å². The summed E-state index contributed by atoms with van der Waals surface area (Å²) in [6.45, 7) is 15.4. The van der Waals surface area contributed by atoms with Crippen molar-refractivity contribution in [1.82, 2.24) is 15.0 Å². The summed E-state index contributed by atoms with van der Waals surface area (Å²) in [5.41, 5.74) is 6.79. The molecule has 8 nitrogen and oxygen atoms in total. The van der Waals surface area contributed by atoms with Crippen molar-refractivity contribution in [1.29, 1.82) is 0 Å². The van der Waals surface area contributed by atoms with E-state index in [9.17, 15) is 10.2 Å². The number of benzene rings is 3. The quantitative estimate of drug-likeness (QED) is 0.0836. The third-order valence-corrected chi connectivity index (χ3v) is 9.11. The summed E-state index contributed by atoms with van der Waals surface area (Å²) in [6, 6.07) is 13.8. The van der Waals surface area contributed by atoms with Gasteiger partial charge in [-0.2, -0.15) is 0 Å². The lowest BCUT2D eigenvalue weighted by Gasteiger charge is -2.15. The maximum atomic E-state index is 11.5. The molecule has 0 fully saturated rings. The van der Waals surface area contributed by atoms with E-state index >= 15 is 0 Å². The molecule has 2 N–H and O–H groups in total. The molecule has 4 rings (SSSR count). The van der Waals surface area contributed by atoms with E-state index in [-0.39, 0.29) is 11.5 Å². The summed E-state index contributed by atoms with van der Waals surface area (Å²) in [5.74, 6) is 1.91. The second kappa shape index (κ2) is 20.0. The Balaban J connectivity index is 1.71. The van der Waals surface area contributed by atoms with Gasteiger partial charge in [-0.05, 0) is 106 Å². The molecule has 0 radical (unpaired) electrons. The molecular formula is C42H57N3O5. The molecular weight excluding hydrogens is 626 g/mol. The fourth-order valence-corrected chi connectivity index (χ4v) is 6.06. The van der Waals surface area contributed by atoms with E-state index in [1.54, 1.807) is 6.07 Å². The van der Waals surface area contributed by atoms with Gasteiger partial charge in [0.1, 0.15) is 23.9 Å². The highest BCUT2D eigenvalue weighted by atomic mass is 16.5. The Morgan fingerprint density at radius 2 is 1.14 bits per heavy atom. The van der Waals surface area contributed by atoms with Gasteiger partial charge in [0.2, 0.25) is 0 Å². The molecule has 1 aromatic heterocycles. The smallest absolute Gasteiger partial charge is 0.167 e. The molecule has 0 spiro atoms. The summed E-state index contributed by atoms with van der Waals surface area (Å²) in [4.78, 5) is 14.6. The topological polar surface area (TPSA) is 107 Å². The van der Waals surface area contributed by atoms with Crippen LogP contribution in [0.15, 0.2) is 42.5 Å². The molecule has 0 aliphatic rings. The number of ether oxygens (including phenoxy) is 3. The Kier molecular flexibility index (Phi) is 15.5. The van der Waals surface area contributed by atoms with E-state index in [0.717, 1.165) is 74.0 Å². The minimum absolute atomic E-state index is 0.0377. The van der Waals surface area contributed by atoms with Gasteiger partial charge in [0.15, 0.2) is 17.5 Å². The van der Waals surface area contributed by atoms with Crippen LogP contribution in [0.2, 0.25) is 0 Å². The number of phenols is 2. The molecule has 0 saturated heterocycles. The zero-order valence-electron chi connectivity index (χ0n) is 31.1. The molecule has 0 unspecified atom stereocenters. The van der Waals surface area contributed by atoms with Crippen molar-refractivity contribution in [3.05, 3.63) is 70.3 Å². The Hall–Kier alpha value is -4.01. The van der Waals surface area contributed by atoms with Crippen LogP contribution in [-0.4, -0.2) is 58.2 Å². The first-order valence-electron chi connectivity index (χ1n) is 18.6. The van der Waals surface area contributed by atoms with Crippen LogP contribution < -0.4 is 4.74 Å². The minimum atomic E-state index is 0.0377. The molecule has 8 heteroatoms. The molecule has 3 aromatic carbocycles. The average molecular weight is 684 g/mol. The van der Waals surface area contributed by atoms with Crippen molar-refractivity contribution < 1.29 is 24.4 Å². The third-order valence-electron chi connectivity index (χ3n) is 9.11. The minimum Gasteiger partial charge on any atom is -0.507 e. The monoisotopic (exact) mass is 683 g/mol. The van der Waals surface area contributed by atoms with Crippen molar-refractivity contribution in [3.8, 4) is 51.4 Å². The van der Waals surface area contributed by atoms with E-state index < -0.39 is 0 Å². The van der Waals surface area contributed by atoms with Crippen molar-refractivity contribution >= 4 is 0 Å². The SMILES string of the molecule is CCCCCCCc1ccc(-c2nc(-c3ccc(CCCOCCC)c(C)c3)nc(-c3ccc(OCCOCCC)c(C)c3O)n2)c(O)c1C. The first-order chi connectivity index (χ1) is 24.3. The van der Waals surface area contributed by atoms with Gasteiger partial charge >= 0.3 is 0 Å². The first kappa shape index (κ1) is 38.8. The standard InChI is InChI=1S/C42H57N3O5/c1-7-10-11-12-13-15-33-19-20-35(38(46)30(33)5)41-43-40(34-18-17-32(29(4)28-34)16-14-25-48-23-8-2)44-42(45-41)36-21-22-37(31(6)39(36)47)50-27-26-49-24-9-3/h17-22,28,46-47H,7-16,23-27H2,1-6H3. The van der Waals surface area contributed by atoms with Crippen LogP contribution in [0, 0.1) is 20.8 Å². The summed E-state index contributed by atoms with van der Waals surface area (Å²) in [6.07, 6.45) is 10.7. The van der Waals surface area contributed by atoms with Crippen molar-refractivity contribution in [2.75, 3.05) is 33.0 Å². The Labute approximate surface area is 299 Å². The summed E-state index contributed by atoms with van der Waals surface area (Å²) < 4.78 is 17.1. The van der Waals surface area contributed by atoms with Crippen LogP contribution in [0.5, 0.6) is 17.2 Å². The Morgan fingerprint density at radius 1 is 0.540 bits per heavy atom. The molecule has 0 amide bonds. The number of aromatic nitrogens is 3. The number of aromatic hydroxyl groups is 2. The zero-order chi connectivity index (χ0) is 35.9. The Bertz CT molecular complexity index is 1580. The molecule has 4 aromatic rings. The predicted molar refractivity (Wildman–Crippen MR) is 202 cm³/mol. The van der Waals surface area contributed by atoms with Gasteiger partial charge in [-0.3, -0.25) is 0 Å². The van der Waals surface area contributed by atoms with Crippen LogP contribution in [0.4, 0.5) is 0 Å². The van der Waals surface area contributed by atoms with Crippen LogP contribution >= 0.6 is 0 Å². The lowest BCUT2D eigenvalue weighted by Crippen LogP contribution is -2.08. The normalized spacial score (nSPS) is 11.3. The van der Waals surface area contributed by atoms with E-state index in [1.807, 2.05) is 32.0 Å². The summed E-state index contributed by atoms with van der Waals surface area (Å²) in [7, 11) is 0. The van der Waals surface area contributed by atoms with E-state index in [0.29, 0.717) is 59.7 Å². The van der Waals surface area contributed by atoms with Crippen LogP contribution in [-0.2, 0) is 22.3 Å². The molecule has 0 atom stereocenters. The van der Waals surface area contributed by atoms with Crippen LogP contribution in [0.3, 0.4) is 0 Å². The number of phenolic OH excluding ortho intramolecular Hbond substituents is 2. The van der Waals surface area contributed by atoms with E-state index in [4.69, 9.17) is 29.2 Å². The maximum absolute atomic E-state index is 11.5. The fourth-order valence-electron chi connectivity index (χ4n) is 6.06. The number of rotatable bonds is 21. The highest BCUT2D eigenvalue weighted by Crippen LogP contribution is 2.39. The average Bonchev–Trinajstić information content (AvgIpc) is 3.12. The molecule has 50 heavy (non-hydrogen) atoms. The number of nitrogens with zero attached hydrogens (tertiary/aromatic N) is 3. The molecule has 0 aliphatic carbocycles. The van der Waals surface area contributed by atoms with Crippen LogP contribution in [0.25, 0.3) is 34.2 Å². The Morgan fingerprint density at radius 3 is 1.82 bits per heavy atom. The van der Waals surface area contributed by atoms with E-state index in [1.165, 1.54) is 31.2 Å². The fraction of sp³-hybridized carbons (Fsp3) is 0.500. The lowest BCUT2D eigenvalue weighted by atomic mass is 9.97. The maximum Gasteiger partial charge on any atom is 0.167 e. The number of hydrogen-bond acceptors (Lipinski definition) is 8. The van der Waals surface area contributed by atoms with Gasteiger partial charge < -0.3 is 24.4 Å². The first-order valence-corrected chi connectivity index (χ1v) is 18.6. The van der Waals surface area contributed by atoms with Gasteiger partial charge in [0.05, 0.1) is 17.7 Å². The van der Waals surface area contributed by atoms with Gasteiger partial charge in [-0.1, -0.05) is 64.7 Å². The van der Waals surface area contributed by atoms with E-state index in [2.05, 4.69) is 45.9 Å². The van der Waals surface area contributed by atoms with Gasteiger partial charge in [0.25, 0.3) is 0 Å². The van der Waals surface area contributed by atoms with Gasteiger partial charge in [0, 0.05) is 30.9 Å². The second-order valence-corrected chi connectivity index (χ2v) is 13.1. The van der Waals surface area contributed by atoms with Crippen molar-refractivity contribution in [2.24, 2.45) is 0 Å². The molecule has 270 valence electrons. The second-order valence-electron chi connectivity index (χ2n) is 13.1. The molecule has 1 heterocycles. The zero-order valence-corrected chi connectivity index (χ0v) is 31.1. The van der Waals surface area contributed by atoms with Crippen molar-refractivity contribution in [2.45, 2.75) is 106 Å². The molecule has 0 aliphatic heterocycles. The molecule has 0 bridgehead atoms. The third kappa shape index (κ3) is 10.5. The highest BCUT2D eigenvalue weighted by Gasteiger charge is 2.20. The molecule has 0 saturated carbocycles. The number of hydrogen-bond donors (Lipinski definition) is 2. The largest absolute Gasteiger partial charge is 0.507 e. The van der Waals surface area contributed by atoms with Crippen molar-refractivity contribution in [3.63, 3.8) is 0 Å². The number of aryl methyl sites for hydroxylation is 3. The lowest BCUT2D eigenvalue weighted by molar-refractivity contribution is 0.100. The van der Waals surface area contributed by atoms with Crippen LogP contribution in [0.1, 0.15) is 100.0 Å². The number of unbranched alkanes of at least 4 members (excludes halogenated alkanes) is 4. The summed E-state index contributed by atoms with van der Waals surface area (Å²) in [5, 5.41) is 22.9.